The molecule has 0 saturated heterocycles. The lowest BCUT2D eigenvalue weighted by atomic mass is 9.96. The lowest BCUT2D eigenvalue weighted by molar-refractivity contribution is 0.410. The van der Waals surface area contributed by atoms with E-state index in [1.54, 1.807) is 11.3 Å². The second-order valence-corrected chi connectivity index (χ2v) is 5.52. The van der Waals surface area contributed by atoms with Crippen LogP contribution in [-0.2, 0) is 6.54 Å². The van der Waals surface area contributed by atoms with Crippen LogP contribution in [0.3, 0.4) is 0 Å². The molecule has 2 rings (SSSR count). The number of thiophene rings is 1. The van der Waals surface area contributed by atoms with Gasteiger partial charge in [0.2, 0.25) is 0 Å². The molecule has 102 valence electrons. The van der Waals surface area contributed by atoms with Gasteiger partial charge in [-0.2, -0.15) is 0 Å². The molecule has 1 fully saturated rings. The molecule has 0 bridgehead atoms. The van der Waals surface area contributed by atoms with Crippen molar-refractivity contribution in [3.05, 3.63) is 22.4 Å². The summed E-state index contributed by atoms with van der Waals surface area (Å²) in [7, 11) is 1.84. The molecule has 2 N–H and O–H groups in total. The van der Waals surface area contributed by atoms with Crippen molar-refractivity contribution in [2.24, 2.45) is 4.99 Å². The summed E-state index contributed by atoms with van der Waals surface area (Å²) in [5.74, 6) is 0.935. The van der Waals surface area contributed by atoms with Gasteiger partial charge < -0.3 is 10.6 Å². The smallest absolute Gasteiger partial charge is 0.191 e. The van der Waals surface area contributed by atoms with Gasteiger partial charge in [-0.15, -0.1) is 35.3 Å². The number of nitrogens with zero attached hydrogens (tertiary/aromatic N) is 1. The van der Waals surface area contributed by atoms with Crippen molar-refractivity contribution >= 4 is 41.3 Å². The van der Waals surface area contributed by atoms with E-state index in [0.29, 0.717) is 6.04 Å². The van der Waals surface area contributed by atoms with Crippen molar-refractivity contribution in [2.75, 3.05) is 7.05 Å². The zero-order valence-corrected chi connectivity index (χ0v) is 14.0. The average Bonchev–Trinajstić information content (AvgIpc) is 2.89. The molecule has 1 aliphatic carbocycles. The molecular formula is C13H22IN3S. The second kappa shape index (κ2) is 8.74. The Morgan fingerprint density at radius 2 is 2.17 bits per heavy atom. The highest BCUT2D eigenvalue weighted by Gasteiger charge is 2.14. The molecule has 0 atom stereocenters. The summed E-state index contributed by atoms with van der Waals surface area (Å²) in [6.45, 7) is 0.865. The minimum atomic E-state index is 0. The van der Waals surface area contributed by atoms with Crippen molar-refractivity contribution in [3.63, 3.8) is 0 Å². The van der Waals surface area contributed by atoms with Gasteiger partial charge in [0, 0.05) is 18.0 Å². The van der Waals surface area contributed by atoms with Gasteiger partial charge in [-0.05, 0) is 24.3 Å². The van der Waals surface area contributed by atoms with Crippen LogP contribution < -0.4 is 10.6 Å². The van der Waals surface area contributed by atoms with Crippen molar-refractivity contribution in [2.45, 2.75) is 44.7 Å². The van der Waals surface area contributed by atoms with Gasteiger partial charge in [0.1, 0.15) is 0 Å². The highest BCUT2D eigenvalue weighted by atomic mass is 127. The van der Waals surface area contributed by atoms with E-state index in [1.807, 2.05) is 7.05 Å². The Kier molecular flexibility index (Phi) is 7.65. The number of hydrogen-bond acceptors (Lipinski definition) is 2. The number of guanidine groups is 1. The molecule has 1 saturated carbocycles. The lowest BCUT2D eigenvalue weighted by Gasteiger charge is -2.24. The molecule has 0 aliphatic heterocycles. The van der Waals surface area contributed by atoms with Gasteiger partial charge in [0.25, 0.3) is 0 Å². The van der Waals surface area contributed by atoms with E-state index in [-0.39, 0.29) is 24.0 Å². The third kappa shape index (κ3) is 5.14. The van der Waals surface area contributed by atoms with Crippen LogP contribution in [0.5, 0.6) is 0 Å². The highest BCUT2D eigenvalue weighted by Crippen LogP contribution is 2.17. The summed E-state index contributed by atoms with van der Waals surface area (Å²) in [5, 5.41) is 8.99. The third-order valence-electron chi connectivity index (χ3n) is 3.18. The molecule has 18 heavy (non-hydrogen) atoms. The second-order valence-electron chi connectivity index (χ2n) is 4.48. The Balaban J connectivity index is 0.00000162. The zero-order valence-electron chi connectivity index (χ0n) is 10.8. The maximum atomic E-state index is 4.28. The third-order valence-corrected chi connectivity index (χ3v) is 4.06. The summed E-state index contributed by atoms with van der Waals surface area (Å²) in [6, 6.07) is 4.84. The van der Waals surface area contributed by atoms with E-state index in [9.17, 15) is 0 Å². The Bertz CT molecular complexity index is 345. The van der Waals surface area contributed by atoms with E-state index in [0.717, 1.165) is 12.5 Å². The van der Waals surface area contributed by atoms with Crippen LogP contribution in [0.1, 0.15) is 37.0 Å². The van der Waals surface area contributed by atoms with Gasteiger partial charge in [0.15, 0.2) is 5.96 Å². The highest BCUT2D eigenvalue weighted by molar-refractivity contribution is 14.0. The van der Waals surface area contributed by atoms with Crippen LogP contribution in [0.2, 0.25) is 0 Å². The molecule has 0 unspecified atom stereocenters. The van der Waals surface area contributed by atoms with Crippen molar-refractivity contribution < 1.29 is 0 Å². The maximum absolute atomic E-state index is 4.28. The number of rotatable bonds is 3. The molecular weight excluding hydrogens is 357 g/mol. The standard InChI is InChI=1S/C13H21N3S.HI/c1-14-13(15-10-12-8-5-9-17-12)16-11-6-3-2-4-7-11;/h5,8-9,11H,2-4,6-7,10H2,1H3,(H2,14,15,16);1H. The molecule has 0 aromatic carbocycles. The van der Waals surface area contributed by atoms with E-state index in [4.69, 9.17) is 0 Å². The van der Waals surface area contributed by atoms with Gasteiger partial charge in [-0.25, -0.2) is 0 Å². The first-order valence-electron chi connectivity index (χ1n) is 6.38. The molecule has 0 amide bonds. The van der Waals surface area contributed by atoms with Gasteiger partial charge in [-0.1, -0.05) is 25.3 Å². The van der Waals surface area contributed by atoms with Crippen LogP contribution in [0, 0.1) is 0 Å². The Morgan fingerprint density at radius 1 is 1.39 bits per heavy atom. The SMILES string of the molecule is CN=C(NCc1cccs1)NC1CCCCC1.I. The number of nitrogens with one attached hydrogen (secondary N) is 2. The predicted molar refractivity (Wildman–Crippen MR) is 89.9 cm³/mol. The first kappa shape index (κ1) is 15.8. The quantitative estimate of drug-likeness (QED) is 0.480. The van der Waals surface area contributed by atoms with Gasteiger partial charge in [-0.3, -0.25) is 4.99 Å². The van der Waals surface area contributed by atoms with Crippen LogP contribution in [-0.4, -0.2) is 19.0 Å². The fourth-order valence-corrected chi connectivity index (χ4v) is 2.86. The molecule has 1 heterocycles. The van der Waals surface area contributed by atoms with Crippen molar-refractivity contribution in [1.82, 2.24) is 10.6 Å². The van der Waals surface area contributed by atoms with Crippen LogP contribution in [0.15, 0.2) is 22.5 Å². The first-order valence-corrected chi connectivity index (χ1v) is 7.26. The predicted octanol–water partition coefficient (Wildman–Crippen LogP) is 3.36. The van der Waals surface area contributed by atoms with E-state index in [1.165, 1.54) is 37.0 Å². The molecule has 1 aromatic rings. The van der Waals surface area contributed by atoms with Gasteiger partial charge >= 0.3 is 0 Å². The Labute approximate surface area is 130 Å². The summed E-state index contributed by atoms with van der Waals surface area (Å²) in [6.07, 6.45) is 6.64. The molecule has 0 radical (unpaired) electrons. The van der Waals surface area contributed by atoms with Crippen LogP contribution in [0.4, 0.5) is 0 Å². The molecule has 0 spiro atoms. The minimum Gasteiger partial charge on any atom is -0.354 e. The molecule has 5 heteroatoms. The maximum Gasteiger partial charge on any atom is 0.191 e. The summed E-state index contributed by atoms with van der Waals surface area (Å²) in [5.41, 5.74) is 0. The Hall–Kier alpha value is -0.300. The van der Waals surface area contributed by atoms with E-state index in [2.05, 4.69) is 33.1 Å². The normalized spacial score (nSPS) is 17.1. The van der Waals surface area contributed by atoms with Crippen LogP contribution in [0.25, 0.3) is 0 Å². The summed E-state index contributed by atoms with van der Waals surface area (Å²) < 4.78 is 0. The largest absolute Gasteiger partial charge is 0.354 e. The molecule has 3 nitrogen and oxygen atoms in total. The van der Waals surface area contributed by atoms with Gasteiger partial charge in [0.05, 0.1) is 6.54 Å². The fraction of sp³-hybridized carbons (Fsp3) is 0.615. The first-order chi connectivity index (χ1) is 8.38. The summed E-state index contributed by atoms with van der Waals surface area (Å²) in [4.78, 5) is 5.62. The van der Waals surface area contributed by atoms with Crippen molar-refractivity contribution in [1.29, 1.82) is 0 Å². The zero-order chi connectivity index (χ0) is 11.9. The lowest BCUT2D eigenvalue weighted by Crippen LogP contribution is -2.43. The monoisotopic (exact) mass is 379 g/mol. The van der Waals surface area contributed by atoms with Crippen LogP contribution >= 0.6 is 35.3 Å². The molecule has 1 aromatic heterocycles. The Morgan fingerprint density at radius 3 is 2.78 bits per heavy atom. The number of hydrogen-bond donors (Lipinski definition) is 2. The van der Waals surface area contributed by atoms with Crippen molar-refractivity contribution in [3.8, 4) is 0 Å². The molecule has 1 aliphatic rings. The van der Waals surface area contributed by atoms with E-state index < -0.39 is 0 Å². The minimum absolute atomic E-state index is 0. The topological polar surface area (TPSA) is 36.4 Å². The number of aliphatic imine (C=N–C) groups is 1. The summed E-state index contributed by atoms with van der Waals surface area (Å²) >= 11 is 1.78. The average molecular weight is 379 g/mol. The van der Waals surface area contributed by atoms with E-state index >= 15 is 0 Å². The fourth-order valence-electron chi connectivity index (χ4n) is 2.22. The number of halogens is 1.